The Balaban J connectivity index is 1.75. The lowest BCUT2D eigenvalue weighted by Gasteiger charge is -2.34. The molecule has 27 heavy (non-hydrogen) atoms. The van der Waals surface area contributed by atoms with Gasteiger partial charge >= 0.3 is 5.97 Å². The standard InChI is InChI=1S/C19H26N2O5S/c1-15-10-16(2)13-21(12-15)18(22)14-26-19(23)11-20-27(24,25)9-8-17-6-4-3-5-7-17/h3-9,15-16,20H,10-14H2,1-2H3/b9-8+/t15-,16-/m1/s1. The second kappa shape index (κ2) is 9.66. The number of hydrogen-bond donors (Lipinski definition) is 1. The third-order valence-corrected chi connectivity index (χ3v) is 5.28. The van der Waals surface area contributed by atoms with E-state index in [4.69, 9.17) is 4.74 Å². The number of benzene rings is 1. The fourth-order valence-electron chi connectivity index (χ4n) is 3.09. The summed E-state index contributed by atoms with van der Waals surface area (Å²) >= 11 is 0. The molecule has 1 heterocycles. The Hall–Kier alpha value is -2.19. The molecule has 0 bridgehead atoms. The lowest BCUT2D eigenvalue weighted by atomic mass is 9.92. The zero-order valence-electron chi connectivity index (χ0n) is 15.6. The van der Waals surface area contributed by atoms with Crippen molar-refractivity contribution in [2.24, 2.45) is 11.8 Å². The number of amides is 1. The van der Waals surface area contributed by atoms with Gasteiger partial charge in [-0.15, -0.1) is 0 Å². The second-order valence-electron chi connectivity index (χ2n) is 6.99. The fraction of sp³-hybridized carbons (Fsp3) is 0.474. The summed E-state index contributed by atoms with van der Waals surface area (Å²) < 4.78 is 30.8. The Morgan fingerprint density at radius 1 is 1.19 bits per heavy atom. The van der Waals surface area contributed by atoms with Crippen LogP contribution in [-0.2, 0) is 24.3 Å². The molecule has 0 saturated carbocycles. The minimum absolute atomic E-state index is 0.256. The molecule has 1 aliphatic rings. The molecule has 0 radical (unpaired) electrons. The number of esters is 1. The number of ether oxygens (including phenoxy) is 1. The summed E-state index contributed by atoms with van der Waals surface area (Å²) in [6.45, 7) is 4.57. The quantitative estimate of drug-likeness (QED) is 0.710. The summed E-state index contributed by atoms with van der Waals surface area (Å²) in [5.74, 6) is -0.222. The molecule has 1 aromatic carbocycles. The van der Waals surface area contributed by atoms with Crippen LogP contribution in [-0.4, -0.2) is 51.4 Å². The maximum absolute atomic E-state index is 12.2. The molecule has 0 aromatic heterocycles. The van der Waals surface area contributed by atoms with Crippen molar-refractivity contribution in [1.82, 2.24) is 9.62 Å². The normalized spacial score (nSPS) is 20.6. The van der Waals surface area contributed by atoms with Crippen LogP contribution < -0.4 is 4.72 Å². The highest BCUT2D eigenvalue weighted by Gasteiger charge is 2.26. The van der Waals surface area contributed by atoms with Crippen LogP contribution in [0.15, 0.2) is 35.7 Å². The maximum Gasteiger partial charge on any atom is 0.321 e. The molecular weight excluding hydrogens is 368 g/mol. The molecule has 1 fully saturated rings. The Morgan fingerprint density at radius 3 is 2.44 bits per heavy atom. The summed E-state index contributed by atoms with van der Waals surface area (Å²) in [4.78, 5) is 25.6. The van der Waals surface area contributed by atoms with Crippen molar-refractivity contribution in [3.8, 4) is 0 Å². The van der Waals surface area contributed by atoms with Gasteiger partial charge in [0.1, 0.15) is 6.54 Å². The van der Waals surface area contributed by atoms with Gasteiger partial charge in [0.05, 0.1) is 0 Å². The van der Waals surface area contributed by atoms with Gasteiger partial charge in [-0.2, -0.15) is 0 Å². The summed E-state index contributed by atoms with van der Waals surface area (Å²) in [5, 5.41) is 0.983. The van der Waals surface area contributed by atoms with Crippen LogP contribution >= 0.6 is 0 Å². The molecule has 1 amide bonds. The molecule has 7 nitrogen and oxygen atoms in total. The van der Waals surface area contributed by atoms with E-state index in [-0.39, 0.29) is 12.5 Å². The smallest absolute Gasteiger partial charge is 0.321 e. The topological polar surface area (TPSA) is 92.8 Å². The van der Waals surface area contributed by atoms with Crippen molar-refractivity contribution in [2.45, 2.75) is 20.3 Å². The molecule has 148 valence electrons. The van der Waals surface area contributed by atoms with Gasteiger partial charge in [0, 0.05) is 18.5 Å². The highest BCUT2D eigenvalue weighted by molar-refractivity contribution is 7.92. The zero-order valence-corrected chi connectivity index (χ0v) is 16.4. The van der Waals surface area contributed by atoms with Crippen LogP contribution in [0.5, 0.6) is 0 Å². The van der Waals surface area contributed by atoms with E-state index in [1.165, 1.54) is 6.08 Å². The van der Waals surface area contributed by atoms with Gasteiger partial charge in [-0.1, -0.05) is 44.2 Å². The number of carbonyl (C=O) groups excluding carboxylic acids is 2. The molecule has 0 spiro atoms. The number of nitrogens with one attached hydrogen (secondary N) is 1. The first-order chi connectivity index (χ1) is 12.7. The molecule has 2 rings (SSSR count). The molecule has 0 unspecified atom stereocenters. The number of hydrogen-bond acceptors (Lipinski definition) is 5. The van der Waals surface area contributed by atoms with E-state index in [0.29, 0.717) is 24.9 Å². The summed E-state index contributed by atoms with van der Waals surface area (Å²) in [6.07, 6.45) is 2.50. The van der Waals surface area contributed by atoms with E-state index in [1.807, 2.05) is 6.07 Å². The number of rotatable bonds is 7. The Labute approximate surface area is 160 Å². The number of piperidine rings is 1. The highest BCUT2D eigenvalue weighted by Crippen LogP contribution is 2.20. The summed E-state index contributed by atoms with van der Waals surface area (Å²) in [5.41, 5.74) is 0.723. The Bertz CT molecular complexity index is 767. The van der Waals surface area contributed by atoms with Crippen LogP contribution in [0.3, 0.4) is 0 Å². The van der Waals surface area contributed by atoms with Gasteiger partial charge in [-0.05, 0) is 29.9 Å². The first-order valence-corrected chi connectivity index (χ1v) is 10.5. The first kappa shape index (κ1) is 21.1. The van der Waals surface area contributed by atoms with Gasteiger partial charge in [-0.3, -0.25) is 9.59 Å². The predicted molar refractivity (Wildman–Crippen MR) is 103 cm³/mol. The van der Waals surface area contributed by atoms with Crippen LogP contribution in [0, 0.1) is 11.8 Å². The Morgan fingerprint density at radius 2 is 1.81 bits per heavy atom. The molecular formula is C19H26N2O5S. The molecule has 1 aromatic rings. The second-order valence-corrected chi connectivity index (χ2v) is 8.64. The van der Waals surface area contributed by atoms with Crippen LogP contribution in [0.1, 0.15) is 25.8 Å². The van der Waals surface area contributed by atoms with Gasteiger partial charge in [0.15, 0.2) is 6.61 Å². The largest absolute Gasteiger partial charge is 0.455 e. The minimum Gasteiger partial charge on any atom is -0.455 e. The van der Waals surface area contributed by atoms with E-state index in [9.17, 15) is 18.0 Å². The lowest BCUT2D eigenvalue weighted by Crippen LogP contribution is -2.44. The van der Waals surface area contributed by atoms with E-state index < -0.39 is 22.5 Å². The van der Waals surface area contributed by atoms with Crippen molar-refractivity contribution in [2.75, 3.05) is 26.2 Å². The molecule has 8 heteroatoms. The van der Waals surface area contributed by atoms with E-state index >= 15 is 0 Å². The van der Waals surface area contributed by atoms with Crippen molar-refractivity contribution in [3.05, 3.63) is 41.3 Å². The van der Waals surface area contributed by atoms with Crippen molar-refractivity contribution < 1.29 is 22.7 Å². The van der Waals surface area contributed by atoms with E-state index in [2.05, 4.69) is 18.6 Å². The number of nitrogens with zero attached hydrogens (tertiary/aromatic N) is 1. The third kappa shape index (κ3) is 7.52. The third-order valence-electron chi connectivity index (χ3n) is 4.24. The average Bonchev–Trinajstić information content (AvgIpc) is 2.63. The molecule has 1 N–H and O–H groups in total. The SMILES string of the molecule is C[C@@H]1C[C@@H](C)CN(C(=O)COC(=O)CNS(=O)(=O)/C=C/c2ccccc2)C1. The summed E-state index contributed by atoms with van der Waals surface area (Å²) in [6, 6.07) is 8.92. The van der Waals surface area contributed by atoms with Crippen LogP contribution in [0.25, 0.3) is 6.08 Å². The maximum atomic E-state index is 12.2. The Kier molecular flexibility index (Phi) is 7.55. The van der Waals surface area contributed by atoms with Crippen LogP contribution in [0.2, 0.25) is 0 Å². The molecule has 2 atom stereocenters. The average molecular weight is 394 g/mol. The van der Waals surface area contributed by atoms with Gasteiger partial charge in [0.25, 0.3) is 5.91 Å². The van der Waals surface area contributed by atoms with E-state index in [1.54, 1.807) is 29.2 Å². The first-order valence-electron chi connectivity index (χ1n) is 8.91. The molecule has 0 aliphatic carbocycles. The van der Waals surface area contributed by atoms with Crippen LogP contribution in [0.4, 0.5) is 0 Å². The number of sulfonamides is 1. The minimum atomic E-state index is -3.78. The number of carbonyl (C=O) groups is 2. The monoisotopic (exact) mass is 394 g/mol. The van der Waals surface area contributed by atoms with E-state index in [0.717, 1.165) is 17.4 Å². The van der Waals surface area contributed by atoms with Crippen molar-refractivity contribution >= 4 is 28.0 Å². The summed E-state index contributed by atoms with van der Waals surface area (Å²) in [7, 11) is -3.78. The van der Waals surface area contributed by atoms with Gasteiger partial charge in [-0.25, -0.2) is 13.1 Å². The zero-order chi connectivity index (χ0) is 19.9. The van der Waals surface area contributed by atoms with Gasteiger partial charge in [0.2, 0.25) is 10.0 Å². The molecule has 1 saturated heterocycles. The van der Waals surface area contributed by atoms with Crippen molar-refractivity contribution in [3.63, 3.8) is 0 Å². The lowest BCUT2D eigenvalue weighted by molar-refractivity contribution is -0.152. The predicted octanol–water partition coefficient (Wildman–Crippen LogP) is 1.62. The molecule has 1 aliphatic heterocycles. The fourth-order valence-corrected chi connectivity index (χ4v) is 3.84. The van der Waals surface area contributed by atoms with Gasteiger partial charge < -0.3 is 9.64 Å². The highest BCUT2D eigenvalue weighted by atomic mass is 32.2. The van der Waals surface area contributed by atoms with Crippen molar-refractivity contribution in [1.29, 1.82) is 0 Å². The number of likely N-dealkylation sites (tertiary alicyclic amines) is 1.